The second kappa shape index (κ2) is 5.58. The summed E-state index contributed by atoms with van der Waals surface area (Å²) in [5.41, 5.74) is 0.0518. The van der Waals surface area contributed by atoms with Gasteiger partial charge in [0.2, 0.25) is 0 Å². The first-order valence-electron chi connectivity index (χ1n) is 7.98. The Labute approximate surface area is 141 Å². The Morgan fingerprint density at radius 3 is 2.62 bits per heavy atom. The maximum absolute atomic E-state index is 12.8. The minimum absolute atomic E-state index is 0.0150. The number of amides is 1. The van der Waals surface area contributed by atoms with Crippen LogP contribution in [0.2, 0.25) is 0 Å². The van der Waals surface area contributed by atoms with E-state index in [1.807, 2.05) is 0 Å². The molecule has 1 heterocycles. The van der Waals surface area contributed by atoms with Crippen LogP contribution in [0.25, 0.3) is 0 Å². The molecular formula is C17H21NO5S. The fourth-order valence-electron chi connectivity index (χ4n) is 4.11. The van der Waals surface area contributed by atoms with Crippen LogP contribution in [0.1, 0.15) is 35.2 Å². The number of sulfone groups is 1. The van der Waals surface area contributed by atoms with E-state index < -0.39 is 21.2 Å². The van der Waals surface area contributed by atoms with Crippen LogP contribution in [0, 0.1) is 18.3 Å². The molecule has 2 fully saturated rings. The van der Waals surface area contributed by atoms with E-state index in [1.54, 1.807) is 24.0 Å². The molecular weight excluding hydrogens is 330 g/mol. The van der Waals surface area contributed by atoms with E-state index in [4.69, 9.17) is 0 Å². The molecule has 1 amide bonds. The molecule has 1 saturated carbocycles. The third-order valence-corrected chi connectivity index (χ3v) is 6.66. The van der Waals surface area contributed by atoms with Gasteiger partial charge >= 0.3 is 5.97 Å². The second-order valence-electron chi connectivity index (χ2n) is 6.99. The average Bonchev–Trinajstić information content (AvgIpc) is 3.03. The zero-order valence-corrected chi connectivity index (χ0v) is 14.6. The molecule has 3 rings (SSSR count). The Balaban J connectivity index is 1.90. The summed E-state index contributed by atoms with van der Waals surface area (Å²) in [4.78, 5) is 26.2. The molecule has 130 valence electrons. The Bertz CT molecular complexity index is 816. The third-order valence-electron chi connectivity index (χ3n) is 5.42. The molecule has 1 aromatic rings. The predicted octanol–water partition coefficient (Wildman–Crippen LogP) is 1.73. The first-order chi connectivity index (χ1) is 11.1. The van der Waals surface area contributed by atoms with Gasteiger partial charge in [-0.3, -0.25) is 9.59 Å². The van der Waals surface area contributed by atoms with Gasteiger partial charge < -0.3 is 10.0 Å². The van der Waals surface area contributed by atoms with Crippen LogP contribution in [0.15, 0.2) is 23.1 Å². The summed E-state index contributed by atoms with van der Waals surface area (Å²) < 4.78 is 23.7. The number of hydrogen-bond acceptors (Lipinski definition) is 4. The van der Waals surface area contributed by atoms with Crippen LogP contribution in [0.5, 0.6) is 0 Å². The Kier molecular flexibility index (Phi) is 3.94. The van der Waals surface area contributed by atoms with Crippen molar-refractivity contribution in [2.24, 2.45) is 11.3 Å². The van der Waals surface area contributed by atoms with Crippen molar-refractivity contribution in [2.45, 2.75) is 31.1 Å². The molecule has 6 nitrogen and oxygen atoms in total. The van der Waals surface area contributed by atoms with Crippen molar-refractivity contribution in [3.63, 3.8) is 0 Å². The van der Waals surface area contributed by atoms with E-state index in [0.29, 0.717) is 24.1 Å². The predicted molar refractivity (Wildman–Crippen MR) is 87.6 cm³/mol. The molecule has 7 heteroatoms. The van der Waals surface area contributed by atoms with Crippen LogP contribution in [0.4, 0.5) is 0 Å². The molecule has 0 bridgehead atoms. The number of nitrogens with zero attached hydrogens (tertiary/aromatic N) is 1. The molecule has 1 aliphatic carbocycles. The molecule has 1 N–H and O–H groups in total. The standard InChI is InChI=1S/C17H21NO5S/c1-11-5-6-12(8-14(11)24(2,22)23)15(19)18-9-13-4-3-7-17(13,10-18)16(20)21/h5-6,8,13H,3-4,7,9-10H2,1-2H3,(H,20,21)/t13-,17+/m0/s1. The Hall–Kier alpha value is -1.89. The average molecular weight is 351 g/mol. The fraction of sp³-hybridized carbons (Fsp3) is 0.529. The lowest BCUT2D eigenvalue weighted by atomic mass is 9.81. The summed E-state index contributed by atoms with van der Waals surface area (Å²) in [5.74, 6) is -1.14. The largest absolute Gasteiger partial charge is 0.481 e. The van der Waals surface area contributed by atoms with Gasteiger partial charge in [0.05, 0.1) is 10.3 Å². The van der Waals surface area contributed by atoms with E-state index in [9.17, 15) is 23.1 Å². The number of benzene rings is 1. The van der Waals surface area contributed by atoms with Crippen molar-refractivity contribution >= 4 is 21.7 Å². The first kappa shape index (κ1) is 17.0. The quantitative estimate of drug-likeness (QED) is 0.895. The number of likely N-dealkylation sites (tertiary alicyclic amines) is 1. The minimum atomic E-state index is -3.42. The third kappa shape index (κ3) is 2.60. The van der Waals surface area contributed by atoms with Crippen molar-refractivity contribution in [1.82, 2.24) is 4.90 Å². The van der Waals surface area contributed by atoms with Crippen molar-refractivity contribution < 1.29 is 23.1 Å². The van der Waals surface area contributed by atoms with Crippen LogP contribution in [0.3, 0.4) is 0 Å². The molecule has 24 heavy (non-hydrogen) atoms. The maximum Gasteiger partial charge on any atom is 0.311 e. The SMILES string of the molecule is Cc1ccc(C(=O)N2C[C@@H]3CCC[C@@]3(C(=O)O)C2)cc1S(C)(=O)=O. The first-order valence-corrected chi connectivity index (χ1v) is 9.88. The number of rotatable bonds is 3. The molecule has 1 saturated heterocycles. The van der Waals surface area contributed by atoms with Crippen molar-refractivity contribution in [1.29, 1.82) is 0 Å². The number of aliphatic carboxylic acids is 1. The maximum atomic E-state index is 12.8. The highest BCUT2D eigenvalue weighted by Gasteiger charge is 2.55. The number of aryl methyl sites for hydroxylation is 1. The topological polar surface area (TPSA) is 91.8 Å². The van der Waals surface area contributed by atoms with Crippen LogP contribution in [-0.4, -0.2) is 49.6 Å². The molecule has 2 atom stereocenters. The van der Waals surface area contributed by atoms with Crippen molar-refractivity contribution in [3.05, 3.63) is 29.3 Å². The summed E-state index contributed by atoms with van der Waals surface area (Å²) >= 11 is 0. The summed E-state index contributed by atoms with van der Waals surface area (Å²) in [7, 11) is -3.42. The highest BCUT2D eigenvalue weighted by molar-refractivity contribution is 7.90. The molecule has 0 spiro atoms. The van der Waals surface area contributed by atoms with Crippen LogP contribution in [-0.2, 0) is 14.6 Å². The second-order valence-corrected chi connectivity index (χ2v) is 8.97. The van der Waals surface area contributed by atoms with Gasteiger partial charge in [-0.25, -0.2) is 8.42 Å². The van der Waals surface area contributed by atoms with E-state index in [1.165, 1.54) is 6.07 Å². The monoisotopic (exact) mass is 351 g/mol. The van der Waals surface area contributed by atoms with Crippen LogP contribution < -0.4 is 0 Å². The zero-order chi connectivity index (χ0) is 17.7. The number of fused-ring (bicyclic) bond motifs is 1. The smallest absolute Gasteiger partial charge is 0.311 e. The zero-order valence-electron chi connectivity index (χ0n) is 13.8. The van der Waals surface area contributed by atoms with Gasteiger partial charge in [-0.05, 0) is 43.4 Å². The van der Waals surface area contributed by atoms with Gasteiger partial charge in [-0.15, -0.1) is 0 Å². The van der Waals surface area contributed by atoms with E-state index >= 15 is 0 Å². The summed E-state index contributed by atoms with van der Waals surface area (Å²) in [5, 5.41) is 9.61. The highest BCUT2D eigenvalue weighted by atomic mass is 32.2. The van der Waals surface area contributed by atoms with Gasteiger partial charge in [0.1, 0.15) is 0 Å². The number of hydrogen-bond donors (Lipinski definition) is 1. The number of carbonyl (C=O) groups is 2. The lowest BCUT2D eigenvalue weighted by molar-refractivity contribution is -0.149. The Morgan fingerprint density at radius 2 is 2.04 bits per heavy atom. The van der Waals surface area contributed by atoms with E-state index in [2.05, 4.69) is 0 Å². The summed E-state index contributed by atoms with van der Waals surface area (Å²) in [6.45, 7) is 2.31. The number of carboxylic acid groups (broad SMARTS) is 1. The molecule has 1 aliphatic heterocycles. The van der Waals surface area contributed by atoms with Crippen LogP contribution >= 0.6 is 0 Å². The minimum Gasteiger partial charge on any atom is -0.481 e. The molecule has 0 aromatic heterocycles. The Morgan fingerprint density at radius 1 is 1.33 bits per heavy atom. The van der Waals surface area contributed by atoms with Gasteiger partial charge in [0.15, 0.2) is 9.84 Å². The van der Waals surface area contributed by atoms with Gasteiger partial charge in [-0.1, -0.05) is 12.5 Å². The fourth-order valence-corrected chi connectivity index (χ4v) is 5.10. The van der Waals surface area contributed by atoms with Gasteiger partial charge in [0.25, 0.3) is 5.91 Å². The summed E-state index contributed by atoms with van der Waals surface area (Å²) in [6.07, 6.45) is 3.41. The normalized spacial score (nSPS) is 26.4. The van der Waals surface area contributed by atoms with E-state index in [-0.39, 0.29) is 23.3 Å². The lowest BCUT2D eigenvalue weighted by Gasteiger charge is -2.23. The number of carboxylic acids is 1. The van der Waals surface area contributed by atoms with Crippen molar-refractivity contribution in [2.75, 3.05) is 19.3 Å². The van der Waals surface area contributed by atoms with Gasteiger partial charge in [-0.2, -0.15) is 0 Å². The lowest BCUT2D eigenvalue weighted by Crippen LogP contribution is -2.37. The number of carbonyl (C=O) groups excluding carboxylic acids is 1. The summed E-state index contributed by atoms with van der Waals surface area (Å²) in [6, 6.07) is 4.62. The molecule has 1 aromatic carbocycles. The van der Waals surface area contributed by atoms with E-state index in [0.717, 1.165) is 19.1 Å². The molecule has 0 unspecified atom stereocenters. The molecule has 0 radical (unpaired) electrons. The highest BCUT2D eigenvalue weighted by Crippen LogP contribution is 2.49. The van der Waals surface area contributed by atoms with Crippen molar-refractivity contribution in [3.8, 4) is 0 Å². The van der Waals surface area contributed by atoms with Gasteiger partial charge in [0, 0.05) is 24.9 Å². The molecule has 2 aliphatic rings.